The van der Waals surface area contributed by atoms with Crippen molar-refractivity contribution in [2.45, 2.75) is 51.0 Å². The highest BCUT2D eigenvalue weighted by molar-refractivity contribution is 5.93. The first-order chi connectivity index (χ1) is 12.9. The number of carbonyl (C=O) groups is 2. The lowest BCUT2D eigenvalue weighted by Gasteiger charge is -2.58. The van der Waals surface area contributed by atoms with Crippen LogP contribution in [-0.4, -0.2) is 35.8 Å². The van der Waals surface area contributed by atoms with E-state index in [0.717, 1.165) is 37.9 Å². The van der Waals surface area contributed by atoms with Crippen molar-refractivity contribution in [3.05, 3.63) is 24.3 Å². The van der Waals surface area contributed by atoms with Gasteiger partial charge in [0.15, 0.2) is 6.61 Å². The number of hydrogen-bond donors (Lipinski definition) is 2. The van der Waals surface area contributed by atoms with Crippen LogP contribution in [0.25, 0.3) is 0 Å². The summed E-state index contributed by atoms with van der Waals surface area (Å²) >= 11 is 0. The van der Waals surface area contributed by atoms with E-state index >= 15 is 0 Å². The smallest absolute Gasteiger partial charge is 0.312 e. The lowest BCUT2D eigenvalue weighted by atomic mass is 9.48. The topological polar surface area (TPSA) is 84.9 Å². The van der Waals surface area contributed by atoms with Gasteiger partial charge < -0.3 is 19.9 Å². The molecule has 1 amide bonds. The maximum atomic E-state index is 12.8. The Morgan fingerprint density at radius 1 is 1.15 bits per heavy atom. The van der Waals surface area contributed by atoms with Crippen LogP contribution >= 0.6 is 0 Å². The number of amides is 1. The number of nitrogens with one attached hydrogen (secondary N) is 1. The minimum Gasteiger partial charge on any atom is -0.494 e. The molecule has 0 radical (unpaired) electrons. The lowest BCUT2D eigenvalue weighted by molar-refractivity contribution is -0.196. The first kappa shape index (κ1) is 18.3. The van der Waals surface area contributed by atoms with Gasteiger partial charge in [-0.2, -0.15) is 0 Å². The SMILES string of the molecule is CCOc1ccc(NC(=O)COC(=O)C23CC4CC(CC(O)(C4)C2)C3)cc1. The molecule has 4 aliphatic rings. The van der Waals surface area contributed by atoms with E-state index < -0.39 is 11.0 Å². The average Bonchev–Trinajstić information content (AvgIpc) is 2.59. The second-order valence-corrected chi connectivity index (χ2v) is 8.55. The fourth-order valence-electron chi connectivity index (χ4n) is 5.74. The standard InChI is InChI=1S/C21H27NO5/c1-2-26-17-5-3-16(4-6-17)22-18(23)12-27-19(24)20-8-14-7-15(9-20)11-21(25,10-14)13-20/h3-6,14-15,25H,2,7-13H2,1H3,(H,22,23). The van der Waals surface area contributed by atoms with Gasteiger partial charge in [-0.25, -0.2) is 0 Å². The Morgan fingerprint density at radius 3 is 2.41 bits per heavy atom. The minimum atomic E-state index is -0.715. The van der Waals surface area contributed by atoms with Crippen molar-refractivity contribution in [1.29, 1.82) is 0 Å². The van der Waals surface area contributed by atoms with Gasteiger partial charge in [-0.15, -0.1) is 0 Å². The van der Waals surface area contributed by atoms with Crippen LogP contribution in [0.5, 0.6) is 5.75 Å². The van der Waals surface area contributed by atoms with Gasteiger partial charge in [0, 0.05) is 5.69 Å². The van der Waals surface area contributed by atoms with Gasteiger partial charge >= 0.3 is 5.97 Å². The predicted octanol–water partition coefficient (Wildman–Crippen LogP) is 2.90. The Kier molecular flexibility index (Phi) is 4.62. The monoisotopic (exact) mass is 373 g/mol. The Labute approximate surface area is 159 Å². The van der Waals surface area contributed by atoms with Crippen LogP contribution in [0.15, 0.2) is 24.3 Å². The molecule has 0 heterocycles. The highest BCUT2D eigenvalue weighted by Crippen LogP contribution is 2.61. The van der Waals surface area contributed by atoms with E-state index in [2.05, 4.69) is 5.32 Å². The van der Waals surface area contributed by atoms with Crippen LogP contribution in [0, 0.1) is 17.3 Å². The van der Waals surface area contributed by atoms with E-state index in [0.29, 0.717) is 30.6 Å². The van der Waals surface area contributed by atoms with Gasteiger partial charge in [0.1, 0.15) is 5.75 Å². The maximum absolute atomic E-state index is 12.8. The molecule has 146 valence electrons. The highest BCUT2D eigenvalue weighted by Gasteiger charge is 2.60. The first-order valence-electron chi connectivity index (χ1n) is 9.82. The van der Waals surface area contributed by atoms with Crippen LogP contribution in [0.1, 0.15) is 45.4 Å². The van der Waals surface area contributed by atoms with Crippen molar-refractivity contribution in [3.63, 3.8) is 0 Å². The number of anilines is 1. The largest absolute Gasteiger partial charge is 0.494 e. The zero-order chi connectivity index (χ0) is 19.1. The van der Waals surface area contributed by atoms with Gasteiger partial charge in [0.25, 0.3) is 5.91 Å². The number of carbonyl (C=O) groups excluding carboxylic acids is 2. The molecule has 6 nitrogen and oxygen atoms in total. The molecule has 0 saturated heterocycles. The summed E-state index contributed by atoms with van der Waals surface area (Å²) in [7, 11) is 0. The third-order valence-corrected chi connectivity index (χ3v) is 6.25. The predicted molar refractivity (Wildman–Crippen MR) is 99.3 cm³/mol. The third-order valence-electron chi connectivity index (χ3n) is 6.25. The summed E-state index contributed by atoms with van der Waals surface area (Å²) < 4.78 is 10.7. The van der Waals surface area contributed by atoms with E-state index in [1.165, 1.54) is 0 Å². The van der Waals surface area contributed by atoms with Crippen molar-refractivity contribution in [2.24, 2.45) is 17.3 Å². The Hall–Kier alpha value is -2.08. The van der Waals surface area contributed by atoms with Crippen LogP contribution in [0.3, 0.4) is 0 Å². The molecule has 27 heavy (non-hydrogen) atoms. The van der Waals surface area contributed by atoms with Gasteiger partial charge in [-0.1, -0.05) is 0 Å². The van der Waals surface area contributed by atoms with Gasteiger partial charge in [-0.05, 0) is 81.5 Å². The van der Waals surface area contributed by atoms with Crippen LogP contribution in [0.2, 0.25) is 0 Å². The molecule has 0 aromatic heterocycles. The Balaban J connectivity index is 1.32. The highest BCUT2D eigenvalue weighted by atomic mass is 16.5. The van der Waals surface area contributed by atoms with E-state index in [1.807, 2.05) is 6.92 Å². The van der Waals surface area contributed by atoms with Crippen molar-refractivity contribution in [1.82, 2.24) is 0 Å². The van der Waals surface area contributed by atoms with Crippen molar-refractivity contribution in [3.8, 4) is 5.75 Å². The second-order valence-electron chi connectivity index (χ2n) is 8.55. The van der Waals surface area contributed by atoms with Crippen molar-refractivity contribution >= 4 is 17.6 Å². The van der Waals surface area contributed by atoms with Gasteiger partial charge in [-0.3, -0.25) is 9.59 Å². The minimum absolute atomic E-state index is 0.304. The Bertz CT molecular complexity index is 715. The molecule has 5 rings (SSSR count). The van der Waals surface area contributed by atoms with E-state index in [1.54, 1.807) is 24.3 Å². The molecule has 2 atom stereocenters. The number of benzene rings is 1. The first-order valence-corrected chi connectivity index (χ1v) is 9.82. The van der Waals surface area contributed by atoms with Crippen LogP contribution in [-0.2, 0) is 14.3 Å². The average molecular weight is 373 g/mol. The van der Waals surface area contributed by atoms with Crippen LogP contribution < -0.4 is 10.1 Å². The fourth-order valence-corrected chi connectivity index (χ4v) is 5.74. The van der Waals surface area contributed by atoms with Crippen molar-refractivity contribution < 1.29 is 24.2 Å². The molecule has 0 aliphatic heterocycles. The summed E-state index contributed by atoms with van der Waals surface area (Å²) in [5, 5.41) is 13.5. The molecule has 2 N–H and O–H groups in total. The molecule has 4 aliphatic carbocycles. The van der Waals surface area contributed by atoms with Gasteiger partial charge in [0.05, 0.1) is 17.6 Å². The number of esters is 1. The summed E-state index contributed by atoms with van der Waals surface area (Å²) in [4.78, 5) is 24.9. The number of ether oxygens (including phenoxy) is 2. The molecular formula is C21H27NO5. The molecule has 1 aromatic rings. The zero-order valence-electron chi connectivity index (χ0n) is 15.7. The second kappa shape index (κ2) is 6.82. The normalized spacial score (nSPS) is 33.6. The molecule has 2 unspecified atom stereocenters. The quantitative estimate of drug-likeness (QED) is 0.749. The number of hydrogen-bond acceptors (Lipinski definition) is 5. The van der Waals surface area contributed by atoms with Crippen molar-refractivity contribution in [2.75, 3.05) is 18.5 Å². The fraction of sp³-hybridized carbons (Fsp3) is 0.619. The molecule has 1 aromatic carbocycles. The summed E-state index contributed by atoms with van der Waals surface area (Å²) in [6.07, 6.45) is 4.76. The molecule has 4 saturated carbocycles. The van der Waals surface area contributed by atoms with Crippen LogP contribution in [0.4, 0.5) is 5.69 Å². The number of rotatable bonds is 6. The Morgan fingerprint density at radius 2 is 1.81 bits per heavy atom. The zero-order valence-corrected chi connectivity index (χ0v) is 15.7. The van der Waals surface area contributed by atoms with E-state index in [9.17, 15) is 14.7 Å². The molecule has 4 bridgehead atoms. The summed E-state index contributed by atoms with van der Waals surface area (Å²) in [5.41, 5.74) is -0.685. The third kappa shape index (κ3) is 3.68. The number of aliphatic hydroxyl groups is 1. The van der Waals surface area contributed by atoms with Gasteiger partial charge in [0.2, 0.25) is 0 Å². The summed E-state index contributed by atoms with van der Waals surface area (Å²) in [5.74, 6) is 0.859. The summed E-state index contributed by atoms with van der Waals surface area (Å²) in [6.45, 7) is 2.19. The van der Waals surface area contributed by atoms with E-state index in [4.69, 9.17) is 9.47 Å². The molecule has 0 spiro atoms. The lowest BCUT2D eigenvalue weighted by Crippen LogP contribution is -2.58. The summed E-state index contributed by atoms with van der Waals surface area (Å²) in [6, 6.07) is 7.06. The molecule has 6 heteroatoms. The maximum Gasteiger partial charge on any atom is 0.312 e. The molecular weight excluding hydrogens is 346 g/mol. The molecule has 4 fully saturated rings. The van der Waals surface area contributed by atoms with E-state index in [-0.39, 0.29) is 18.5 Å².